The first kappa shape index (κ1) is 13.0. The van der Waals surface area contributed by atoms with Crippen LogP contribution >= 0.6 is 11.3 Å². The van der Waals surface area contributed by atoms with Gasteiger partial charge in [0.2, 0.25) is 0 Å². The van der Waals surface area contributed by atoms with E-state index in [1.165, 1.54) is 30.1 Å². The number of nitrogens with zero attached hydrogens (tertiary/aromatic N) is 2. The summed E-state index contributed by atoms with van der Waals surface area (Å²) in [5, 5.41) is 7.04. The van der Waals surface area contributed by atoms with E-state index in [2.05, 4.69) is 34.4 Å². The zero-order valence-corrected chi connectivity index (χ0v) is 11.7. The molecule has 0 amide bonds. The minimum Gasteiger partial charge on any atom is -0.313 e. The maximum atomic E-state index is 4.65. The van der Waals surface area contributed by atoms with Crippen molar-refractivity contribution in [1.29, 1.82) is 0 Å². The maximum absolute atomic E-state index is 4.65. The van der Waals surface area contributed by atoms with Crippen LogP contribution in [0.1, 0.15) is 37.4 Å². The van der Waals surface area contributed by atoms with Crippen molar-refractivity contribution in [3.8, 4) is 0 Å². The molecule has 3 nitrogen and oxygen atoms in total. The average Bonchev–Trinajstić information content (AvgIpc) is 2.99. The first-order chi connectivity index (χ1) is 8.31. The minimum absolute atomic E-state index is 0.694. The molecular formula is C13H23N3S. The van der Waals surface area contributed by atoms with Crippen molar-refractivity contribution in [2.24, 2.45) is 0 Å². The quantitative estimate of drug-likeness (QED) is 0.843. The molecule has 96 valence electrons. The number of hydrogen-bond donors (Lipinski definition) is 1. The first-order valence-corrected chi connectivity index (χ1v) is 7.58. The largest absolute Gasteiger partial charge is 0.313 e. The molecule has 1 aromatic heterocycles. The number of hydrogen-bond acceptors (Lipinski definition) is 4. The third kappa shape index (κ3) is 3.76. The molecule has 0 radical (unpaired) electrons. The van der Waals surface area contributed by atoms with Crippen LogP contribution in [0, 0.1) is 0 Å². The van der Waals surface area contributed by atoms with Gasteiger partial charge < -0.3 is 5.32 Å². The third-order valence-electron chi connectivity index (χ3n) is 3.38. The second-order valence-corrected chi connectivity index (χ2v) is 5.65. The molecule has 1 fully saturated rings. The Morgan fingerprint density at radius 1 is 1.53 bits per heavy atom. The lowest BCUT2D eigenvalue weighted by atomic mass is 10.2. The van der Waals surface area contributed by atoms with E-state index < -0.39 is 0 Å². The van der Waals surface area contributed by atoms with E-state index in [1.54, 1.807) is 11.3 Å². The molecule has 1 unspecified atom stereocenters. The molecule has 0 bridgehead atoms. The van der Waals surface area contributed by atoms with Gasteiger partial charge in [0.05, 0.1) is 10.7 Å². The van der Waals surface area contributed by atoms with Gasteiger partial charge in [-0.1, -0.05) is 13.8 Å². The van der Waals surface area contributed by atoms with Crippen LogP contribution in [0.15, 0.2) is 5.38 Å². The summed E-state index contributed by atoms with van der Waals surface area (Å²) in [7, 11) is 0. The fourth-order valence-corrected chi connectivity index (χ4v) is 3.08. The molecule has 17 heavy (non-hydrogen) atoms. The second-order valence-electron chi connectivity index (χ2n) is 4.71. The monoisotopic (exact) mass is 253 g/mol. The summed E-state index contributed by atoms with van der Waals surface area (Å²) in [5.74, 6) is 0. The molecule has 4 heteroatoms. The normalized spacial score (nSPS) is 20.3. The Labute approximate surface area is 108 Å². The van der Waals surface area contributed by atoms with Crippen molar-refractivity contribution in [2.45, 2.75) is 45.7 Å². The van der Waals surface area contributed by atoms with Crippen molar-refractivity contribution in [3.05, 3.63) is 16.1 Å². The van der Waals surface area contributed by atoms with Crippen molar-refractivity contribution in [1.82, 2.24) is 15.2 Å². The first-order valence-electron chi connectivity index (χ1n) is 6.70. The fraction of sp³-hybridized carbons (Fsp3) is 0.769. The van der Waals surface area contributed by atoms with E-state index in [9.17, 15) is 0 Å². The zero-order valence-electron chi connectivity index (χ0n) is 10.9. The molecule has 0 aromatic carbocycles. The van der Waals surface area contributed by atoms with Crippen LogP contribution < -0.4 is 5.32 Å². The minimum atomic E-state index is 0.694. The van der Waals surface area contributed by atoms with E-state index in [1.807, 2.05) is 0 Å². The lowest BCUT2D eigenvalue weighted by Crippen LogP contribution is -2.37. The Morgan fingerprint density at radius 2 is 2.41 bits per heavy atom. The van der Waals surface area contributed by atoms with Crippen LogP contribution in [0.2, 0.25) is 0 Å². The molecular weight excluding hydrogens is 230 g/mol. The fourth-order valence-electron chi connectivity index (χ4n) is 2.34. The Hall–Kier alpha value is -0.450. The predicted octanol–water partition coefficient (Wildman–Crippen LogP) is 2.28. The van der Waals surface area contributed by atoms with Gasteiger partial charge in [-0.2, -0.15) is 0 Å². The number of thiazole rings is 1. The van der Waals surface area contributed by atoms with Gasteiger partial charge in [0, 0.05) is 24.5 Å². The van der Waals surface area contributed by atoms with Crippen molar-refractivity contribution < 1.29 is 0 Å². The summed E-state index contributed by atoms with van der Waals surface area (Å²) < 4.78 is 0. The predicted molar refractivity (Wildman–Crippen MR) is 73.5 cm³/mol. The molecule has 2 rings (SSSR count). The standard InChI is InChI=1S/C13H23N3S/c1-3-13-15-12(10-17-13)9-16(4-2)8-11-6-5-7-14-11/h10-11,14H,3-9H2,1-2H3. The van der Waals surface area contributed by atoms with E-state index in [4.69, 9.17) is 0 Å². The zero-order chi connectivity index (χ0) is 12.1. The second kappa shape index (κ2) is 6.47. The molecule has 1 atom stereocenters. The summed E-state index contributed by atoms with van der Waals surface area (Å²) in [6, 6.07) is 0.694. The maximum Gasteiger partial charge on any atom is 0.0926 e. The van der Waals surface area contributed by atoms with Gasteiger partial charge >= 0.3 is 0 Å². The van der Waals surface area contributed by atoms with Crippen LogP contribution in [-0.4, -0.2) is 35.6 Å². The SMILES string of the molecule is CCc1nc(CN(CC)CC2CCCN2)cs1. The highest BCUT2D eigenvalue weighted by Crippen LogP contribution is 2.14. The van der Waals surface area contributed by atoms with Crippen LogP contribution in [0.5, 0.6) is 0 Å². The molecule has 1 saturated heterocycles. The van der Waals surface area contributed by atoms with Crippen LogP contribution in [0.25, 0.3) is 0 Å². The lowest BCUT2D eigenvalue weighted by molar-refractivity contribution is 0.251. The Balaban J connectivity index is 1.85. The van der Waals surface area contributed by atoms with Gasteiger partial charge in [-0.05, 0) is 32.4 Å². The number of likely N-dealkylation sites (N-methyl/N-ethyl adjacent to an activating group) is 1. The Morgan fingerprint density at radius 3 is 3.00 bits per heavy atom. The summed E-state index contributed by atoms with van der Waals surface area (Å²) >= 11 is 1.79. The highest BCUT2D eigenvalue weighted by Gasteiger charge is 2.17. The summed E-state index contributed by atoms with van der Waals surface area (Å²) in [6.07, 6.45) is 3.72. The summed E-state index contributed by atoms with van der Waals surface area (Å²) in [4.78, 5) is 7.15. The number of rotatable bonds is 6. The molecule has 0 aliphatic carbocycles. The number of aromatic nitrogens is 1. The van der Waals surface area contributed by atoms with Crippen molar-refractivity contribution >= 4 is 11.3 Å². The third-order valence-corrected chi connectivity index (χ3v) is 4.42. The molecule has 1 aromatic rings. The van der Waals surface area contributed by atoms with E-state index in [-0.39, 0.29) is 0 Å². The van der Waals surface area contributed by atoms with Gasteiger partial charge in [0.15, 0.2) is 0 Å². The molecule has 1 N–H and O–H groups in total. The molecule has 0 spiro atoms. The Kier molecular flexibility index (Phi) is 4.95. The number of nitrogens with one attached hydrogen (secondary N) is 1. The molecule has 1 aliphatic rings. The molecule has 2 heterocycles. The van der Waals surface area contributed by atoms with Crippen molar-refractivity contribution in [3.63, 3.8) is 0 Å². The smallest absolute Gasteiger partial charge is 0.0926 e. The molecule has 0 saturated carbocycles. The molecule has 1 aliphatic heterocycles. The Bertz CT molecular complexity index is 331. The van der Waals surface area contributed by atoms with Gasteiger partial charge in [-0.3, -0.25) is 4.90 Å². The van der Waals surface area contributed by atoms with Gasteiger partial charge in [0.1, 0.15) is 0 Å². The topological polar surface area (TPSA) is 28.2 Å². The van der Waals surface area contributed by atoms with E-state index in [0.717, 1.165) is 26.1 Å². The van der Waals surface area contributed by atoms with Gasteiger partial charge in [-0.25, -0.2) is 4.98 Å². The van der Waals surface area contributed by atoms with E-state index >= 15 is 0 Å². The van der Waals surface area contributed by atoms with Gasteiger partial charge in [-0.15, -0.1) is 11.3 Å². The summed E-state index contributed by atoms with van der Waals surface area (Å²) in [6.45, 7) is 8.88. The highest BCUT2D eigenvalue weighted by molar-refractivity contribution is 7.09. The van der Waals surface area contributed by atoms with Crippen LogP contribution in [0.3, 0.4) is 0 Å². The summed E-state index contributed by atoms with van der Waals surface area (Å²) in [5.41, 5.74) is 1.24. The van der Waals surface area contributed by atoms with E-state index in [0.29, 0.717) is 6.04 Å². The number of aryl methyl sites for hydroxylation is 1. The lowest BCUT2D eigenvalue weighted by Gasteiger charge is -2.23. The van der Waals surface area contributed by atoms with Crippen molar-refractivity contribution in [2.75, 3.05) is 19.6 Å². The van der Waals surface area contributed by atoms with Crippen LogP contribution in [-0.2, 0) is 13.0 Å². The van der Waals surface area contributed by atoms with Crippen LogP contribution in [0.4, 0.5) is 0 Å². The highest BCUT2D eigenvalue weighted by atomic mass is 32.1. The van der Waals surface area contributed by atoms with Gasteiger partial charge in [0.25, 0.3) is 0 Å². The average molecular weight is 253 g/mol.